The van der Waals surface area contributed by atoms with Crippen LogP contribution in [-0.4, -0.2) is 33.4 Å². The normalized spacial score (nSPS) is 14.3. The van der Waals surface area contributed by atoms with E-state index >= 15 is 0 Å². The molecule has 1 N–H and O–H groups in total. The number of halogens is 2. The molecule has 1 aliphatic rings. The summed E-state index contributed by atoms with van der Waals surface area (Å²) in [6, 6.07) is 20.0. The topological polar surface area (TPSA) is 50.2 Å². The maximum atomic E-state index is 14.4. The first-order valence-electron chi connectivity index (χ1n) is 12.4. The van der Waals surface area contributed by atoms with Gasteiger partial charge in [0.15, 0.2) is 0 Å². The molecule has 0 saturated carbocycles. The molecule has 1 aromatic heterocycles. The van der Waals surface area contributed by atoms with Crippen LogP contribution in [-0.2, 0) is 12.5 Å². The van der Waals surface area contributed by atoms with Crippen LogP contribution in [0.3, 0.4) is 0 Å². The van der Waals surface area contributed by atoms with Crippen molar-refractivity contribution in [1.29, 1.82) is 0 Å². The number of carbonyl (C=O) groups excluding carboxylic acids is 1. The van der Waals surface area contributed by atoms with Gasteiger partial charge in [0.1, 0.15) is 0 Å². The van der Waals surface area contributed by atoms with E-state index in [9.17, 15) is 13.6 Å². The summed E-state index contributed by atoms with van der Waals surface area (Å²) in [4.78, 5) is 19.8. The molecule has 5 rings (SSSR count). The summed E-state index contributed by atoms with van der Waals surface area (Å²) in [5.74, 6) is -2.42. The van der Waals surface area contributed by atoms with Crippen LogP contribution in [0.15, 0.2) is 66.7 Å². The Labute approximate surface area is 209 Å². The van der Waals surface area contributed by atoms with Gasteiger partial charge in [-0.15, -0.1) is 0 Å². The number of hydrogen-bond donors (Lipinski definition) is 1. The van der Waals surface area contributed by atoms with E-state index in [2.05, 4.69) is 5.32 Å². The number of benzene rings is 3. The molecule has 2 heterocycles. The second-order valence-electron chi connectivity index (χ2n) is 9.61. The van der Waals surface area contributed by atoms with Crippen LogP contribution < -0.4 is 5.32 Å². The van der Waals surface area contributed by atoms with Crippen molar-refractivity contribution in [3.63, 3.8) is 0 Å². The largest absolute Gasteiger partial charge is 0.339 e. The molecule has 0 aliphatic carbocycles. The third-order valence-corrected chi connectivity index (χ3v) is 6.76. The molecular formula is C29H30F2N4O. The average molecular weight is 489 g/mol. The number of carbonyl (C=O) groups is 1. The number of rotatable bonds is 6. The first-order valence-corrected chi connectivity index (χ1v) is 12.4. The molecule has 0 atom stereocenters. The zero-order valence-corrected chi connectivity index (χ0v) is 20.6. The van der Waals surface area contributed by atoms with Gasteiger partial charge in [-0.3, -0.25) is 4.79 Å². The number of imidazole rings is 1. The summed E-state index contributed by atoms with van der Waals surface area (Å²) in [6.45, 7) is 4.69. The highest BCUT2D eigenvalue weighted by atomic mass is 19.3. The molecule has 1 amide bonds. The minimum atomic E-state index is -2.97. The summed E-state index contributed by atoms with van der Waals surface area (Å²) in [5, 5.41) is 3.35. The zero-order valence-electron chi connectivity index (χ0n) is 20.6. The lowest BCUT2D eigenvalue weighted by Crippen LogP contribution is -2.35. The molecule has 1 saturated heterocycles. The van der Waals surface area contributed by atoms with Crippen LogP contribution in [0.5, 0.6) is 0 Å². The fraction of sp³-hybridized carbons (Fsp3) is 0.310. The maximum absolute atomic E-state index is 14.4. The number of alkyl halides is 2. The van der Waals surface area contributed by atoms with Gasteiger partial charge in [-0.1, -0.05) is 42.0 Å². The molecule has 186 valence electrons. The molecule has 4 aromatic rings. The van der Waals surface area contributed by atoms with Crippen molar-refractivity contribution in [2.45, 2.75) is 45.6 Å². The van der Waals surface area contributed by atoms with Crippen LogP contribution in [0, 0.1) is 6.92 Å². The van der Waals surface area contributed by atoms with E-state index in [1.54, 1.807) is 18.2 Å². The van der Waals surface area contributed by atoms with Crippen molar-refractivity contribution in [3.05, 3.63) is 89.0 Å². The van der Waals surface area contributed by atoms with Crippen molar-refractivity contribution in [2.75, 3.05) is 18.4 Å². The van der Waals surface area contributed by atoms with E-state index in [-0.39, 0.29) is 18.0 Å². The monoisotopic (exact) mass is 488 g/mol. The predicted molar refractivity (Wildman–Crippen MR) is 139 cm³/mol. The SMILES string of the molecule is Cc1ccc(Nc2nc3cc(C(=O)N4CCCCC4)ccc3n2Cc2ccccc2C(C)(F)F)cc1. The van der Waals surface area contributed by atoms with Crippen molar-refractivity contribution >= 4 is 28.6 Å². The van der Waals surface area contributed by atoms with Crippen LogP contribution in [0.4, 0.5) is 20.4 Å². The van der Waals surface area contributed by atoms with E-state index < -0.39 is 5.92 Å². The number of nitrogens with zero attached hydrogens (tertiary/aromatic N) is 3. The Morgan fingerprint density at radius 3 is 2.44 bits per heavy atom. The molecule has 1 aliphatic heterocycles. The third-order valence-electron chi connectivity index (χ3n) is 6.76. The summed E-state index contributed by atoms with van der Waals surface area (Å²) >= 11 is 0. The molecular weight excluding hydrogens is 458 g/mol. The van der Waals surface area contributed by atoms with Crippen LogP contribution in [0.25, 0.3) is 11.0 Å². The van der Waals surface area contributed by atoms with Gasteiger partial charge in [-0.05, 0) is 62.1 Å². The average Bonchev–Trinajstić information content (AvgIpc) is 3.21. The highest BCUT2D eigenvalue weighted by Crippen LogP contribution is 2.32. The van der Waals surface area contributed by atoms with Crippen LogP contribution in [0.2, 0.25) is 0 Å². The van der Waals surface area contributed by atoms with E-state index in [4.69, 9.17) is 4.98 Å². The molecule has 0 spiro atoms. The fourth-order valence-electron chi connectivity index (χ4n) is 4.82. The van der Waals surface area contributed by atoms with Gasteiger partial charge >= 0.3 is 0 Å². The van der Waals surface area contributed by atoms with Gasteiger partial charge in [0.05, 0.1) is 17.6 Å². The Morgan fingerprint density at radius 1 is 1.00 bits per heavy atom. The predicted octanol–water partition coefficient (Wildman–Crippen LogP) is 6.87. The maximum Gasteiger partial charge on any atom is 0.270 e. The Morgan fingerprint density at radius 2 is 1.72 bits per heavy atom. The number of likely N-dealkylation sites (tertiary alicyclic amines) is 1. The van der Waals surface area contributed by atoms with Crippen molar-refractivity contribution < 1.29 is 13.6 Å². The van der Waals surface area contributed by atoms with E-state index in [0.29, 0.717) is 22.6 Å². The molecule has 5 nitrogen and oxygen atoms in total. The first-order chi connectivity index (χ1) is 17.3. The number of aromatic nitrogens is 2. The Bertz CT molecular complexity index is 1380. The fourth-order valence-corrected chi connectivity index (χ4v) is 4.82. The summed E-state index contributed by atoms with van der Waals surface area (Å²) in [5.41, 5.74) is 4.50. The van der Waals surface area contributed by atoms with Crippen LogP contribution >= 0.6 is 0 Å². The van der Waals surface area contributed by atoms with Gasteiger partial charge in [0.2, 0.25) is 5.95 Å². The summed E-state index contributed by atoms with van der Waals surface area (Å²) in [7, 11) is 0. The first kappa shape index (κ1) is 24.0. The third kappa shape index (κ3) is 4.96. The second kappa shape index (κ2) is 9.72. The molecule has 0 unspecified atom stereocenters. The molecule has 0 radical (unpaired) electrons. The molecule has 7 heteroatoms. The van der Waals surface area contributed by atoms with Crippen molar-refractivity contribution in [2.24, 2.45) is 0 Å². The smallest absolute Gasteiger partial charge is 0.270 e. The van der Waals surface area contributed by atoms with Gasteiger partial charge in [-0.25, -0.2) is 13.8 Å². The Kier molecular flexibility index (Phi) is 6.48. The summed E-state index contributed by atoms with van der Waals surface area (Å²) < 4.78 is 30.7. The highest BCUT2D eigenvalue weighted by molar-refractivity contribution is 5.98. The Hall–Kier alpha value is -3.74. The molecule has 3 aromatic carbocycles. The highest BCUT2D eigenvalue weighted by Gasteiger charge is 2.28. The standard InChI is InChI=1S/C29H30F2N4O/c1-20-10-13-23(14-11-20)32-28-33-25-18-21(27(36)34-16-6-3-7-17-34)12-15-26(25)35(28)19-22-8-4-5-9-24(22)29(2,30)31/h4-5,8-15,18H,3,6-7,16-17,19H2,1-2H3,(H,32,33). The summed E-state index contributed by atoms with van der Waals surface area (Å²) in [6.07, 6.45) is 3.20. The minimum absolute atomic E-state index is 0.00923. The van der Waals surface area contributed by atoms with Gasteiger partial charge in [0.25, 0.3) is 11.8 Å². The number of anilines is 2. The zero-order chi connectivity index (χ0) is 25.3. The number of hydrogen-bond acceptors (Lipinski definition) is 3. The lowest BCUT2D eigenvalue weighted by molar-refractivity contribution is 0.0165. The lowest BCUT2D eigenvalue weighted by Gasteiger charge is -2.26. The van der Waals surface area contributed by atoms with Gasteiger partial charge < -0.3 is 14.8 Å². The van der Waals surface area contributed by atoms with Gasteiger partial charge in [0, 0.05) is 36.8 Å². The van der Waals surface area contributed by atoms with Crippen LogP contribution in [0.1, 0.15) is 53.2 Å². The van der Waals surface area contributed by atoms with E-state index in [1.807, 2.05) is 58.9 Å². The van der Waals surface area contributed by atoms with Gasteiger partial charge in [-0.2, -0.15) is 0 Å². The van der Waals surface area contributed by atoms with Crippen molar-refractivity contribution in [3.8, 4) is 0 Å². The quantitative estimate of drug-likeness (QED) is 0.322. The minimum Gasteiger partial charge on any atom is -0.339 e. The Balaban J connectivity index is 1.57. The number of fused-ring (bicyclic) bond motifs is 1. The van der Waals surface area contributed by atoms with E-state index in [1.165, 1.54) is 6.07 Å². The van der Waals surface area contributed by atoms with E-state index in [0.717, 1.165) is 56.0 Å². The molecule has 0 bridgehead atoms. The molecule has 36 heavy (non-hydrogen) atoms. The number of aryl methyl sites for hydroxylation is 1. The second-order valence-corrected chi connectivity index (χ2v) is 9.61. The van der Waals surface area contributed by atoms with Crippen molar-refractivity contribution in [1.82, 2.24) is 14.5 Å². The number of amides is 1. The number of nitrogens with one attached hydrogen (secondary N) is 1. The number of piperidine rings is 1. The molecule has 1 fully saturated rings. The lowest BCUT2D eigenvalue weighted by atomic mass is 10.0.